The van der Waals surface area contributed by atoms with Gasteiger partial charge in [0.2, 0.25) is 0 Å². The number of rotatable bonds is 8. The zero-order valence-corrected chi connectivity index (χ0v) is 35.8. The number of hydrogen-bond donors (Lipinski definition) is 9. The predicted octanol–water partition coefficient (Wildman–Crippen LogP) is 11.0. The van der Waals surface area contributed by atoms with E-state index in [9.17, 15) is 46.0 Å². The fourth-order valence-corrected chi connectivity index (χ4v) is 10.2. The minimum atomic E-state index is -0.818. The van der Waals surface area contributed by atoms with Crippen LogP contribution in [0.2, 0.25) is 0 Å². The molecule has 0 unspecified atom stereocenters. The first-order chi connectivity index (χ1) is 32.8. The summed E-state index contributed by atoms with van der Waals surface area (Å²) in [7, 11) is 0. The Balaban J connectivity index is 1.21. The summed E-state index contributed by atoms with van der Waals surface area (Å²) in [6.07, 6.45) is 1.48. The molecule has 0 radical (unpaired) electrons. The second-order valence-electron chi connectivity index (χ2n) is 17.4. The Morgan fingerprint density at radius 1 is 0.294 bits per heavy atom. The molecule has 8 aromatic rings. The van der Waals surface area contributed by atoms with Crippen LogP contribution in [0.1, 0.15) is 97.3 Å². The number of hydrogen-bond acceptors (Lipinski definition) is 12. The van der Waals surface area contributed by atoms with E-state index in [1.165, 1.54) is 18.2 Å². The van der Waals surface area contributed by atoms with Gasteiger partial charge in [-0.15, -0.1) is 0 Å². The van der Waals surface area contributed by atoms with E-state index in [0.717, 1.165) is 5.56 Å². The van der Waals surface area contributed by atoms with Gasteiger partial charge in [0, 0.05) is 41.0 Å². The topological polar surface area (TPSA) is 210 Å². The molecule has 11 rings (SSSR count). The minimum Gasteiger partial charge on any atom is -0.508 e. The highest BCUT2D eigenvalue weighted by molar-refractivity contribution is 5.80. The third kappa shape index (κ3) is 7.37. The van der Waals surface area contributed by atoms with Gasteiger partial charge in [0.1, 0.15) is 87.3 Å². The molecular weight excluding hydrogens is 865 g/mol. The molecule has 0 fully saturated rings. The SMILES string of the molecule is Oc1ccc(/C=C/c2c3c(cc4c2[C@@H](c2cc(O)cc(O)c2)[C@H](c2ccc(O)cc2)O4)O[C@H](c2ccc(O)cc2)[C@H]3c2cc(O)cc3c2[C@@H](c2cc(O)cc(O)c2)[C@H](c2ccc(O)cc2)O3)cc1. The van der Waals surface area contributed by atoms with Crippen LogP contribution in [0.4, 0.5) is 0 Å². The molecule has 8 aromatic carbocycles. The van der Waals surface area contributed by atoms with E-state index in [0.29, 0.717) is 72.9 Å². The lowest BCUT2D eigenvalue weighted by Crippen LogP contribution is -2.17. The molecule has 0 saturated heterocycles. The average molecular weight is 907 g/mol. The van der Waals surface area contributed by atoms with Gasteiger partial charge in [-0.3, -0.25) is 0 Å². The predicted molar refractivity (Wildman–Crippen MR) is 251 cm³/mol. The second-order valence-corrected chi connectivity index (χ2v) is 17.4. The van der Waals surface area contributed by atoms with Crippen molar-refractivity contribution in [2.24, 2.45) is 0 Å². The highest BCUT2D eigenvalue weighted by atomic mass is 16.5. The standard InChI is InChI=1S/C56H42O12/c57-34-10-1-28(2-11-34)3-18-43-50-46(67-54(29-4-12-35(58)13-5-29)48(50)32-19-38(61)23-39(62)20-32)27-47-51(43)53(56(68-47)31-8-16-37(60)17-9-31)44-25-42(65)26-45-52(44)49(33-21-40(63)24-41(64)22-33)55(66-45)30-6-14-36(59)15-7-30/h1-27,48-49,53-65H/b18-3+/t48-,49-,53+,54+,55+,56-/m1/s1. The van der Waals surface area contributed by atoms with Gasteiger partial charge in [0.05, 0.1) is 17.8 Å². The number of benzene rings is 8. The van der Waals surface area contributed by atoms with E-state index < -0.39 is 36.1 Å². The Morgan fingerprint density at radius 2 is 0.647 bits per heavy atom. The van der Waals surface area contributed by atoms with Crippen molar-refractivity contribution in [3.63, 3.8) is 0 Å². The Morgan fingerprint density at radius 3 is 1.09 bits per heavy atom. The van der Waals surface area contributed by atoms with Crippen LogP contribution in [-0.4, -0.2) is 46.0 Å². The molecule has 9 N–H and O–H groups in total. The molecule has 3 aliphatic rings. The largest absolute Gasteiger partial charge is 0.508 e. The highest BCUT2D eigenvalue weighted by Crippen LogP contribution is 2.63. The van der Waals surface area contributed by atoms with Crippen LogP contribution < -0.4 is 14.2 Å². The number of phenolic OH excluding ortho intramolecular Hbond substituents is 9. The molecule has 0 aliphatic carbocycles. The van der Waals surface area contributed by atoms with Crippen LogP contribution >= 0.6 is 0 Å². The van der Waals surface area contributed by atoms with E-state index in [1.807, 2.05) is 18.2 Å². The second kappa shape index (κ2) is 16.2. The van der Waals surface area contributed by atoms with Gasteiger partial charge in [0.15, 0.2) is 0 Å². The smallest absolute Gasteiger partial charge is 0.135 e. The first-order valence-electron chi connectivity index (χ1n) is 21.8. The normalized spacial score (nSPS) is 20.0. The van der Waals surface area contributed by atoms with Crippen LogP contribution in [-0.2, 0) is 0 Å². The van der Waals surface area contributed by atoms with Crippen molar-refractivity contribution in [1.29, 1.82) is 0 Å². The monoisotopic (exact) mass is 906 g/mol. The molecule has 12 heteroatoms. The van der Waals surface area contributed by atoms with E-state index in [4.69, 9.17) is 14.2 Å². The fraction of sp³-hybridized carbons (Fsp3) is 0.107. The lowest BCUT2D eigenvalue weighted by Gasteiger charge is -2.27. The maximum absolute atomic E-state index is 11.8. The van der Waals surface area contributed by atoms with Gasteiger partial charge < -0.3 is 60.2 Å². The molecule has 0 saturated carbocycles. The van der Waals surface area contributed by atoms with Gasteiger partial charge in [-0.2, -0.15) is 0 Å². The molecule has 6 atom stereocenters. The van der Waals surface area contributed by atoms with Gasteiger partial charge in [0.25, 0.3) is 0 Å². The van der Waals surface area contributed by atoms with Crippen LogP contribution in [0.3, 0.4) is 0 Å². The summed E-state index contributed by atoms with van der Waals surface area (Å²) in [4.78, 5) is 0. The molecule has 12 nitrogen and oxygen atoms in total. The first kappa shape index (κ1) is 41.8. The Bertz CT molecular complexity index is 3230. The number of ether oxygens (including phenoxy) is 3. The fourth-order valence-electron chi connectivity index (χ4n) is 10.2. The summed E-state index contributed by atoms with van der Waals surface area (Å²) in [5, 5.41) is 96.9. The van der Waals surface area contributed by atoms with Crippen molar-refractivity contribution >= 4 is 12.2 Å². The minimum absolute atomic E-state index is 0.0373. The van der Waals surface area contributed by atoms with Gasteiger partial charge >= 0.3 is 0 Å². The maximum Gasteiger partial charge on any atom is 0.135 e. The molecule has 68 heavy (non-hydrogen) atoms. The third-order valence-electron chi connectivity index (χ3n) is 13.0. The average Bonchev–Trinajstić information content (AvgIpc) is 4.00. The zero-order chi connectivity index (χ0) is 47.0. The van der Waals surface area contributed by atoms with Gasteiger partial charge in [-0.1, -0.05) is 60.7 Å². The summed E-state index contributed by atoms with van der Waals surface area (Å²) >= 11 is 0. The molecule has 0 bridgehead atoms. The molecule has 0 aromatic heterocycles. The van der Waals surface area contributed by atoms with Gasteiger partial charge in [-0.25, -0.2) is 0 Å². The van der Waals surface area contributed by atoms with E-state index in [2.05, 4.69) is 0 Å². The van der Waals surface area contributed by atoms with Crippen molar-refractivity contribution in [1.82, 2.24) is 0 Å². The summed E-state index contributed by atoms with van der Waals surface area (Å²) in [5.41, 5.74) is 6.98. The summed E-state index contributed by atoms with van der Waals surface area (Å²) in [6.45, 7) is 0. The number of phenols is 9. The van der Waals surface area contributed by atoms with Crippen LogP contribution in [0.25, 0.3) is 12.2 Å². The molecular formula is C56H42O12. The summed E-state index contributed by atoms with van der Waals surface area (Å²) in [6, 6.07) is 40.2. The highest BCUT2D eigenvalue weighted by Gasteiger charge is 2.49. The van der Waals surface area contributed by atoms with E-state index >= 15 is 0 Å². The lowest BCUT2D eigenvalue weighted by molar-refractivity contribution is 0.212. The first-order valence-corrected chi connectivity index (χ1v) is 21.8. The van der Waals surface area contributed by atoms with Crippen LogP contribution in [0.15, 0.2) is 152 Å². The molecule has 3 aliphatic heterocycles. The van der Waals surface area contributed by atoms with Gasteiger partial charge in [-0.05, 0) is 123 Å². The van der Waals surface area contributed by atoms with E-state index in [-0.39, 0.29) is 51.7 Å². The Hall–Kier alpha value is -8.90. The molecule has 0 amide bonds. The summed E-state index contributed by atoms with van der Waals surface area (Å²) in [5.74, 6) is -1.59. The van der Waals surface area contributed by atoms with Crippen molar-refractivity contribution in [2.75, 3.05) is 0 Å². The quantitative estimate of drug-likeness (QED) is 0.0652. The number of aromatic hydroxyl groups is 9. The molecule has 0 spiro atoms. The Labute approximate surface area is 389 Å². The van der Waals surface area contributed by atoms with Crippen molar-refractivity contribution in [3.05, 3.63) is 213 Å². The van der Waals surface area contributed by atoms with Crippen molar-refractivity contribution < 1.29 is 60.2 Å². The third-order valence-corrected chi connectivity index (χ3v) is 13.0. The summed E-state index contributed by atoms with van der Waals surface area (Å²) < 4.78 is 20.8. The maximum atomic E-state index is 11.8. The van der Waals surface area contributed by atoms with Crippen molar-refractivity contribution in [3.8, 4) is 69.0 Å². The molecule has 338 valence electrons. The molecule has 3 heterocycles. The van der Waals surface area contributed by atoms with Crippen LogP contribution in [0, 0.1) is 0 Å². The Kier molecular flexibility index (Phi) is 9.96. The zero-order valence-electron chi connectivity index (χ0n) is 35.8. The van der Waals surface area contributed by atoms with Crippen molar-refractivity contribution in [2.45, 2.75) is 36.1 Å². The van der Waals surface area contributed by atoms with E-state index in [1.54, 1.807) is 127 Å². The lowest BCUT2D eigenvalue weighted by atomic mass is 9.74. The van der Waals surface area contributed by atoms with Crippen LogP contribution in [0.5, 0.6) is 69.0 Å². The number of fused-ring (bicyclic) bond motifs is 3.